The van der Waals surface area contributed by atoms with Gasteiger partial charge in [0, 0.05) is 10.6 Å². The van der Waals surface area contributed by atoms with Crippen molar-refractivity contribution < 1.29 is 18.3 Å². The Morgan fingerprint density at radius 2 is 1.58 bits per heavy atom. The second kappa shape index (κ2) is 9.57. The first-order valence-electron chi connectivity index (χ1n) is 6.99. The molecule has 0 aliphatic rings. The molecule has 0 aliphatic carbocycles. The van der Waals surface area contributed by atoms with Gasteiger partial charge in [-0.2, -0.15) is 0 Å². The SMILES string of the molecule is Cl.NC(C(=O)c1ccc(OC(CF)CF)cc1)c1ccc(Cl)cc1. The molecule has 0 radical (unpaired) electrons. The first-order chi connectivity index (χ1) is 11.0. The predicted molar refractivity (Wildman–Crippen MR) is 92.8 cm³/mol. The summed E-state index contributed by atoms with van der Waals surface area (Å²) in [5, 5.41) is 0.560. The number of hydrogen-bond donors (Lipinski definition) is 1. The molecule has 0 amide bonds. The molecule has 0 saturated carbocycles. The van der Waals surface area contributed by atoms with Crippen LogP contribution in [0.15, 0.2) is 48.5 Å². The number of benzene rings is 2. The molecular weight excluding hydrogens is 359 g/mol. The fraction of sp³-hybridized carbons (Fsp3) is 0.235. The molecule has 1 unspecified atom stereocenters. The molecule has 130 valence electrons. The first-order valence-corrected chi connectivity index (χ1v) is 7.37. The zero-order valence-electron chi connectivity index (χ0n) is 12.6. The Morgan fingerprint density at radius 1 is 1.04 bits per heavy atom. The van der Waals surface area contributed by atoms with Crippen LogP contribution >= 0.6 is 24.0 Å². The van der Waals surface area contributed by atoms with E-state index in [-0.39, 0.29) is 18.2 Å². The number of rotatable bonds is 7. The predicted octanol–water partition coefficient (Wildman–Crippen LogP) is 4.33. The second-order valence-electron chi connectivity index (χ2n) is 4.97. The molecule has 2 N–H and O–H groups in total. The maximum absolute atomic E-state index is 12.4. The summed E-state index contributed by atoms with van der Waals surface area (Å²) >= 11 is 5.80. The number of carbonyl (C=O) groups is 1. The molecule has 2 aromatic carbocycles. The van der Waals surface area contributed by atoms with Gasteiger partial charge in [0.1, 0.15) is 19.1 Å². The summed E-state index contributed by atoms with van der Waals surface area (Å²) in [6.07, 6.45) is -1.13. The number of carbonyl (C=O) groups excluding carboxylic acids is 1. The molecule has 3 nitrogen and oxygen atoms in total. The molecule has 0 heterocycles. The Balaban J connectivity index is 0.00000288. The molecule has 2 rings (SSSR count). The highest BCUT2D eigenvalue weighted by Gasteiger charge is 2.18. The second-order valence-corrected chi connectivity index (χ2v) is 5.40. The Bertz CT molecular complexity index is 647. The smallest absolute Gasteiger partial charge is 0.184 e. The number of ether oxygens (including phenoxy) is 1. The standard InChI is InChI=1S/C17H16ClF2NO2.ClH/c18-13-5-1-11(2-6-13)16(21)17(22)12-3-7-14(8-4-12)23-15(9-19)10-20;/h1-8,15-16H,9-10,21H2;1H. The lowest BCUT2D eigenvalue weighted by atomic mass is 9.98. The van der Waals surface area contributed by atoms with Crippen LogP contribution in [0.1, 0.15) is 22.0 Å². The first kappa shape index (κ1) is 20.4. The molecule has 0 spiro atoms. The van der Waals surface area contributed by atoms with Crippen molar-refractivity contribution in [3.8, 4) is 5.75 Å². The maximum Gasteiger partial charge on any atom is 0.184 e. The van der Waals surface area contributed by atoms with Gasteiger partial charge in [-0.25, -0.2) is 8.78 Å². The Hall–Kier alpha value is -1.69. The topological polar surface area (TPSA) is 52.3 Å². The van der Waals surface area contributed by atoms with Gasteiger partial charge in [0.05, 0.1) is 6.04 Å². The van der Waals surface area contributed by atoms with Crippen molar-refractivity contribution in [2.24, 2.45) is 5.73 Å². The molecule has 0 aromatic heterocycles. The number of alkyl halides is 2. The number of nitrogens with two attached hydrogens (primary N) is 1. The summed E-state index contributed by atoms with van der Waals surface area (Å²) < 4.78 is 30.0. The minimum atomic E-state index is -1.13. The van der Waals surface area contributed by atoms with Gasteiger partial charge in [-0.3, -0.25) is 4.79 Å². The van der Waals surface area contributed by atoms with Gasteiger partial charge in [-0.1, -0.05) is 23.7 Å². The molecule has 24 heavy (non-hydrogen) atoms. The van der Waals surface area contributed by atoms with Gasteiger partial charge in [-0.05, 0) is 42.0 Å². The Kier molecular flexibility index (Phi) is 8.11. The normalized spacial score (nSPS) is 11.7. The molecule has 0 fully saturated rings. The average Bonchev–Trinajstić information content (AvgIpc) is 2.59. The molecule has 0 bridgehead atoms. The van der Waals surface area contributed by atoms with E-state index in [4.69, 9.17) is 22.1 Å². The largest absolute Gasteiger partial charge is 0.485 e. The highest BCUT2D eigenvalue weighted by Crippen LogP contribution is 2.21. The summed E-state index contributed by atoms with van der Waals surface area (Å²) in [5.74, 6) is 0.0216. The molecule has 0 aliphatic heterocycles. The monoisotopic (exact) mass is 375 g/mol. The van der Waals surface area contributed by atoms with Crippen LogP contribution in [-0.4, -0.2) is 25.2 Å². The molecule has 0 saturated heterocycles. The van der Waals surface area contributed by atoms with Gasteiger partial charge >= 0.3 is 0 Å². The molecule has 1 atom stereocenters. The van der Waals surface area contributed by atoms with Crippen molar-refractivity contribution in [2.75, 3.05) is 13.3 Å². The minimum absolute atomic E-state index is 0. The summed E-state index contributed by atoms with van der Waals surface area (Å²) in [6, 6.07) is 11.9. The van der Waals surface area contributed by atoms with Crippen LogP contribution in [-0.2, 0) is 0 Å². The van der Waals surface area contributed by atoms with Gasteiger partial charge in [-0.15, -0.1) is 12.4 Å². The lowest BCUT2D eigenvalue weighted by molar-refractivity contribution is 0.0961. The average molecular weight is 376 g/mol. The van der Waals surface area contributed by atoms with Crippen LogP contribution in [0.2, 0.25) is 5.02 Å². The zero-order valence-corrected chi connectivity index (χ0v) is 14.2. The fourth-order valence-electron chi connectivity index (χ4n) is 2.00. The maximum atomic E-state index is 12.4. The summed E-state index contributed by atoms with van der Waals surface area (Å²) in [7, 11) is 0. The van der Waals surface area contributed by atoms with Gasteiger partial charge in [0.25, 0.3) is 0 Å². The van der Waals surface area contributed by atoms with Gasteiger partial charge < -0.3 is 10.5 Å². The summed E-state index contributed by atoms with van der Waals surface area (Å²) in [5.41, 5.74) is 6.99. The van der Waals surface area contributed by atoms with E-state index < -0.39 is 25.5 Å². The van der Waals surface area contributed by atoms with Crippen molar-refractivity contribution in [1.29, 1.82) is 0 Å². The van der Waals surface area contributed by atoms with Crippen LogP contribution < -0.4 is 10.5 Å². The third-order valence-electron chi connectivity index (χ3n) is 3.30. The van der Waals surface area contributed by atoms with E-state index >= 15 is 0 Å². The number of ketones is 1. The number of hydrogen-bond acceptors (Lipinski definition) is 3. The van der Waals surface area contributed by atoms with Crippen LogP contribution in [0.3, 0.4) is 0 Å². The van der Waals surface area contributed by atoms with E-state index in [1.807, 2.05) is 0 Å². The van der Waals surface area contributed by atoms with Crippen molar-refractivity contribution in [2.45, 2.75) is 12.1 Å². The fourth-order valence-corrected chi connectivity index (χ4v) is 2.12. The van der Waals surface area contributed by atoms with Crippen LogP contribution in [0.4, 0.5) is 8.78 Å². The minimum Gasteiger partial charge on any atom is -0.485 e. The molecule has 7 heteroatoms. The Labute approximate surface area is 150 Å². The summed E-state index contributed by atoms with van der Waals surface area (Å²) in [4.78, 5) is 12.4. The van der Waals surface area contributed by atoms with E-state index in [1.54, 1.807) is 24.3 Å². The van der Waals surface area contributed by atoms with Crippen molar-refractivity contribution in [1.82, 2.24) is 0 Å². The molecule has 2 aromatic rings. The van der Waals surface area contributed by atoms with E-state index in [9.17, 15) is 13.6 Å². The van der Waals surface area contributed by atoms with Crippen molar-refractivity contribution in [3.63, 3.8) is 0 Å². The van der Waals surface area contributed by atoms with Crippen LogP contribution in [0, 0.1) is 0 Å². The summed E-state index contributed by atoms with van der Waals surface area (Å²) in [6.45, 7) is -1.84. The van der Waals surface area contributed by atoms with Crippen LogP contribution in [0.25, 0.3) is 0 Å². The van der Waals surface area contributed by atoms with E-state index in [2.05, 4.69) is 0 Å². The van der Waals surface area contributed by atoms with E-state index in [0.717, 1.165) is 0 Å². The third kappa shape index (κ3) is 5.16. The van der Waals surface area contributed by atoms with E-state index in [0.29, 0.717) is 21.9 Å². The Morgan fingerprint density at radius 3 is 2.08 bits per heavy atom. The van der Waals surface area contributed by atoms with Gasteiger partial charge in [0.2, 0.25) is 0 Å². The molecular formula is C17H17Cl2F2NO2. The van der Waals surface area contributed by atoms with E-state index in [1.165, 1.54) is 24.3 Å². The number of Topliss-reactive ketones (excluding diaryl/α,β-unsaturated/α-hetero) is 1. The van der Waals surface area contributed by atoms with Crippen molar-refractivity contribution in [3.05, 3.63) is 64.7 Å². The lowest BCUT2D eigenvalue weighted by Crippen LogP contribution is -2.22. The number of halogens is 4. The van der Waals surface area contributed by atoms with Crippen molar-refractivity contribution >= 4 is 29.8 Å². The lowest BCUT2D eigenvalue weighted by Gasteiger charge is -2.14. The van der Waals surface area contributed by atoms with Gasteiger partial charge in [0.15, 0.2) is 11.9 Å². The third-order valence-corrected chi connectivity index (χ3v) is 3.55. The zero-order chi connectivity index (χ0) is 16.8. The van der Waals surface area contributed by atoms with Crippen LogP contribution in [0.5, 0.6) is 5.75 Å². The highest BCUT2D eigenvalue weighted by atomic mass is 35.5. The highest BCUT2D eigenvalue weighted by molar-refractivity contribution is 6.30. The quantitative estimate of drug-likeness (QED) is 0.732.